The van der Waals surface area contributed by atoms with Crippen LogP contribution in [0.1, 0.15) is 27.7 Å². The van der Waals surface area contributed by atoms with Crippen LogP contribution in [0.25, 0.3) is 0 Å². The topological polar surface area (TPSA) is 77.8 Å². The number of hydrogen-bond donors (Lipinski definition) is 3. The van der Waals surface area contributed by atoms with Gasteiger partial charge in [0.05, 0.1) is 0 Å². The van der Waals surface area contributed by atoms with Gasteiger partial charge in [0.2, 0.25) is 0 Å². The summed E-state index contributed by atoms with van der Waals surface area (Å²) in [5.41, 5.74) is 0. The summed E-state index contributed by atoms with van der Waals surface area (Å²) in [6.07, 6.45) is -5.42. The third-order valence-corrected chi connectivity index (χ3v) is 0.243. The van der Waals surface area contributed by atoms with E-state index in [-0.39, 0.29) is 29.6 Å². The minimum absolute atomic E-state index is 0. The quantitative estimate of drug-likeness (QED) is 0.569. The van der Waals surface area contributed by atoms with Crippen LogP contribution in [0.15, 0.2) is 0 Å². The molecule has 0 saturated heterocycles. The van der Waals surface area contributed by atoms with Crippen molar-refractivity contribution in [2.75, 3.05) is 0 Å². The van der Waals surface area contributed by atoms with Crippen molar-refractivity contribution < 1.29 is 33.3 Å². The Kier molecular flexibility index (Phi) is 19.8. The highest BCUT2D eigenvalue weighted by molar-refractivity contribution is 5.75. The fraction of sp³-hybridized carbons (Fsp3) is 0.875. The molecule has 0 aromatic heterocycles. The van der Waals surface area contributed by atoms with E-state index in [0.717, 1.165) is 0 Å². The highest BCUT2D eigenvalue weighted by Gasteiger charge is 2.38. The predicted molar refractivity (Wildman–Crippen MR) is 54.2 cm³/mol. The Balaban J connectivity index is -0.0000000700. The Morgan fingerprint density at radius 3 is 1.06 bits per heavy atom. The summed E-state index contributed by atoms with van der Waals surface area (Å²) in [4.78, 5) is 8.90. The molecular weight excluding hydrogens is 244 g/mol. The van der Waals surface area contributed by atoms with E-state index in [1.54, 1.807) is 27.7 Å². The summed E-state index contributed by atoms with van der Waals surface area (Å²) in [6.45, 7) is 6.89. The van der Waals surface area contributed by atoms with E-state index in [9.17, 15) is 13.2 Å². The highest BCUT2D eigenvalue weighted by atomic mass is 27.0. The van der Waals surface area contributed by atoms with Crippen molar-refractivity contribution in [3.63, 3.8) is 0 Å². The normalized spacial score (nSPS) is 9.44. The van der Waals surface area contributed by atoms with Crippen molar-refractivity contribution >= 4 is 23.3 Å². The van der Waals surface area contributed by atoms with Crippen molar-refractivity contribution in [1.82, 2.24) is 0 Å². The summed E-state index contributed by atoms with van der Waals surface area (Å²) in [5.74, 6) is -2.76. The Labute approximate surface area is 103 Å². The van der Waals surface area contributed by atoms with Crippen LogP contribution in [0, 0.1) is 0 Å². The smallest absolute Gasteiger partial charge is 0.475 e. The number of carbonyl (C=O) groups is 1. The molecule has 3 radical (unpaired) electrons. The molecule has 0 heterocycles. The molecule has 97 valence electrons. The van der Waals surface area contributed by atoms with Crippen molar-refractivity contribution in [3.8, 4) is 0 Å². The van der Waals surface area contributed by atoms with E-state index in [0.29, 0.717) is 0 Å². The van der Waals surface area contributed by atoms with Crippen LogP contribution < -0.4 is 0 Å². The zero-order chi connectivity index (χ0) is 13.2. The minimum atomic E-state index is -5.08. The standard InChI is InChI=1S/2C3H8O.C2HF3O2.Al/c2*1-3(2)4;3-2(4,5)1(6)7;/h2*3-4H,1-2H3;(H,6,7);. The molecule has 4 nitrogen and oxygen atoms in total. The van der Waals surface area contributed by atoms with Crippen molar-refractivity contribution in [3.05, 3.63) is 0 Å². The molecule has 0 aliphatic rings. The highest BCUT2D eigenvalue weighted by Crippen LogP contribution is 2.13. The van der Waals surface area contributed by atoms with E-state index in [4.69, 9.17) is 20.1 Å². The fourth-order valence-corrected chi connectivity index (χ4v) is 0. The molecule has 0 rings (SSSR count). The summed E-state index contributed by atoms with van der Waals surface area (Å²) < 4.78 is 31.7. The zero-order valence-corrected chi connectivity index (χ0v) is 10.8. The Morgan fingerprint density at radius 1 is 1.00 bits per heavy atom. The number of hydrogen-bond acceptors (Lipinski definition) is 3. The van der Waals surface area contributed by atoms with Crippen LogP contribution in [0.3, 0.4) is 0 Å². The molecule has 0 amide bonds. The molecule has 16 heavy (non-hydrogen) atoms. The largest absolute Gasteiger partial charge is 0.490 e. The SMILES string of the molecule is CC(C)O.CC(C)O.O=C(O)C(F)(F)F.[Al]. The molecule has 0 saturated carbocycles. The number of carboxylic acid groups (broad SMARTS) is 1. The van der Waals surface area contributed by atoms with Gasteiger partial charge in [-0.1, -0.05) is 0 Å². The second-order valence-corrected chi connectivity index (χ2v) is 2.99. The average molecular weight is 261 g/mol. The van der Waals surface area contributed by atoms with Crippen LogP contribution >= 0.6 is 0 Å². The van der Waals surface area contributed by atoms with E-state index in [1.165, 1.54) is 0 Å². The molecule has 8 heteroatoms. The lowest BCUT2D eigenvalue weighted by molar-refractivity contribution is -0.192. The first-order chi connectivity index (χ1) is 6.41. The van der Waals surface area contributed by atoms with E-state index < -0.39 is 12.1 Å². The lowest BCUT2D eigenvalue weighted by atomic mass is 10.5. The van der Waals surface area contributed by atoms with Crippen LogP contribution in [0.5, 0.6) is 0 Å². The first-order valence-electron chi connectivity index (χ1n) is 4.07. The Hall–Kier alpha value is -0.288. The van der Waals surface area contributed by atoms with Gasteiger partial charge in [0.25, 0.3) is 0 Å². The molecule has 0 bridgehead atoms. The van der Waals surface area contributed by atoms with Gasteiger partial charge in [0.1, 0.15) is 0 Å². The molecule has 3 N–H and O–H groups in total. The van der Waals surface area contributed by atoms with E-state index in [2.05, 4.69) is 0 Å². The van der Waals surface area contributed by atoms with E-state index >= 15 is 0 Å². The maximum Gasteiger partial charge on any atom is 0.490 e. The Bertz CT molecular complexity index is 148. The lowest BCUT2D eigenvalue weighted by Crippen LogP contribution is -2.21. The third kappa shape index (κ3) is 67.9. The number of alkyl halides is 3. The molecule has 0 aliphatic heterocycles. The van der Waals surface area contributed by atoms with Crippen LogP contribution in [0.2, 0.25) is 0 Å². The minimum Gasteiger partial charge on any atom is -0.475 e. The van der Waals surface area contributed by atoms with Gasteiger partial charge >= 0.3 is 12.1 Å². The van der Waals surface area contributed by atoms with Gasteiger partial charge in [0.15, 0.2) is 0 Å². The van der Waals surface area contributed by atoms with Crippen LogP contribution in [-0.4, -0.2) is 57.0 Å². The van der Waals surface area contributed by atoms with Gasteiger partial charge in [0, 0.05) is 29.6 Å². The Morgan fingerprint density at radius 2 is 1.06 bits per heavy atom. The van der Waals surface area contributed by atoms with Gasteiger partial charge in [-0.25, -0.2) is 4.79 Å². The molecule has 0 unspecified atom stereocenters. The van der Waals surface area contributed by atoms with Gasteiger partial charge < -0.3 is 15.3 Å². The fourth-order valence-electron chi connectivity index (χ4n) is 0. The number of aliphatic hydroxyl groups excluding tert-OH is 2. The third-order valence-electron chi connectivity index (χ3n) is 0.243. The number of aliphatic hydroxyl groups is 2. The number of rotatable bonds is 0. The summed E-state index contributed by atoms with van der Waals surface area (Å²) in [7, 11) is 0. The van der Waals surface area contributed by atoms with Gasteiger partial charge in [-0.2, -0.15) is 13.2 Å². The van der Waals surface area contributed by atoms with Crippen molar-refractivity contribution in [1.29, 1.82) is 0 Å². The lowest BCUT2D eigenvalue weighted by Gasteiger charge is -1.93. The summed E-state index contributed by atoms with van der Waals surface area (Å²) in [5, 5.41) is 23.2. The molecule has 0 aliphatic carbocycles. The zero-order valence-electron chi connectivity index (χ0n) is 9.62. The second kappa shape index (κ2) is 12.8. The van der Waals surface area contributed by atoms with Gasteiger partial charge in [-0.15, -0.1) is 0 Å². The number of halogens is 3. The first-order valence-corrected chi connectivity index (χ1v) is 4.07. The number of carboxylic acids is 1. The van der Waals surface area contributed by atoms with Gasteiger partial charge in [-0.05, 0) is 27.7 Å². The van der Waals surface area contributed by atoms with E-state index in [1.807, 2.05) is 0 Å². The predicted octanol–water partition coefficient (Wildman–Crippen LogP) is 1.03. The monoisotopic (exact) mass is 261 g/mol. The molecule has 0 fully saturated rings. The molecular formula is C8H17AlF3O4. The summed E-state index contributed by atoms with van der Waals surface area (Å²) >= 11 is 0. The molecule has 0 spiro atoms. The average Bonchev–Trinajstić information content (AvgIpc) is 1.80. The molecule has 0 aromatic carbocycles. The maximum atomic E-state index is 10.6. The van der Waals surface area contributed by atoms with Crippen LogP contribution in [0.4, 0.5) is 13.2 Å². The van der Waals surface area contributed by atoms with Crippen molar-refractivity contribution in [2.45, 2.75) is 46.1 Å². The van der Waals surface area contributed by atoms with Crippen molar-refractivity contribution in [2.24, 2.45) is 0 Å². The van der Waals surface area contributed by atoms with Gasteiger partial charge in [-0.3, -0.25) is 0 Å². The molecule has 0 atom stereocenters. The maximum absolute atomic E-state index is 10.6. The molecule has 0 aromatic rings. The second-order valence-electron chi connectivity index (χ2n) is 2.99. The van der Waals surface area contributed by atoms with Crippen LogP contribution in [-0.2, 0) is 4.79 Å². The first kappa shape index (κ1) is 24.8. The summed E-state index contributed by atoms with van der Waals surface area (Å²) in [6, 6.07) is 0. The number of aliphatic carboxylic acids is 1.